The van der Waals surface area contributed by atoms with E-state index < -0.39 is 10.0 Å². The van der Waals surface area contributed by atoms with Crippen LogP contribution in [-0.4, -0.2) is 21.4 Å². The van der Waals surface area contributed by atoms with Gasteiger partial charge in [-0.3, -0.25) is 4.79 Å². The van der Waals surface area contributed by atoms with Crippen molar-refractivity contribution in [3.63, 3.8) is 0 Å². The predicted molar refractivity (Wildman–Crippen MR) is 104 cm³/mol. The lowest BCUT2D eigenvalue weighted by Crippen LogP contribution is -2.27. The number of hydrogen-bond acceptors (Lipinski definition) is 3. The zero-order valence-electron chi connectivity index (χ0n) is 15.6. The average molecular weight is 375 g/mol. The summed E-state index contributed by atoms with van der Waals surface area (Å²) in [6.45, 7) is 6.27. The second-order valence-electron chi connectivity index (χ2n) is 6.77. The lowest BCUT2D eigenvalue weighted by molar-refractivity contribution is 0.0939. The van der Waals surface area contributed by atoms with E-state index in [1.54, 1.807) is 12.1 Å². The first-order valence-electron chi connectivity index (χ1n) is 8.66. The molecule has 2 aromatic rings. The zero-order valence-corrected chi connectivity index (χ0v) is 16.4. The number of carbonyl (C=O) groups is 1. The van der Waals surface area contributed by atoms with E-state index in [1.807, 2.05) is 19.1 Å². The highest BCUT2D eigenvalue weighted by Gasteiger charge is 2.16. The monoisotopic (exact) mass is 374 g/mol. The molecule has 0 aliphatic heterocycles. The van der Waals surface area contributed by atoms with Crippen LogP contribution < -0.4 is 10.0 Å². The summed E-state index contributed by atoms with van der Waals surface area (Å²) in [6.07, 6.45) is 1.02. The number of sulfonamides is 1. The standard InChI is InChI=1S/C20H26N2O3S/c1-14(2)12-16-8-10-17(11-9-16)15(3)22-20(23)18-6-5-7-19(13-18)26(24,25)21-4/h5-11,13-15,21H,12H2,1-4H3,(H,22,23)/t15-/m0/s1. The number of benzene rings is 2. The maximum atomic E-state index is 12.5. The third-order valence-corrected chi connectivity index (χ3v) is 5.56. The van der Waals surface area contributed by atoms with Gasteiger partial charge in [0.1, 0.15) is 0 Å². The topological polar surface area (TPSA) is 75.3 Å². The molecule has 0 bridgehead atoms. The Morgan fingerprint density at radius 3 is 2.27 bits per heavy atom. The van der Waals surface area contributed by atoms with E-state index >= 15 is 0 Å². The molecule has 1 amide bonds. The van der Waals surface area contributed by atoms with Gasteiger partial charge in [-0.15, -0.1) is 0 Å². The molecule has 2 N–H and O–H groups in total. The molecule has 0 heterocycles. The Balaban J connectivity index is 2.11. The summed E-state index contributed by atoms with van der Waals surface area (Å²) in [7, 11) is -2.24. The van der Waals surface area contributed by atoms with E-state index in [0.717, 1.165) is 12.0 Å². The highest BCUT2D eigenvalue weighted by atomic mass is 32.2. The summed E-state index contributed by atoms with van der Waals surface area (Å²) in [5.74, 6) is 0.288. The van der Waals surface area contributed by atoms with Crippen molar-refractivity contribution in [2.45, 2.75) is 38.1 Å². The van der Waals surface area contributed by atoms with Gasteiger partial charge in [0, 0.05) is 5.56 Å². The van der Waals surface area contributed by atoms with Crippen LogP contribution in [0.15, 0.2) is 53.4 Å². The lowest BCUT2D eigenvalue weighted by Gasteiger charge is -2.16. The van der Waals surface area contributed by atoms with Crippen LogP contribution in [0.4, 0.5) is 0 Å². The van der Waals surface area contributed by atoms with Gasteiger partial charge in [0.25, 0.3) is 5.91 Å². The van der Waals surface area contributed by atoms with Crippen LogP contribution in [0.2, 0.25) is 0 Å². The van der Waals surface area contributed by atoms with E-state index in [0.29, 0.717) is 11.5 Å². The molecule has 140 valence electrons. The molecule has 2 rings (SSSR count). The molecule has 0 fully saturated rings. The molecule has 6 heteroatoms. The summed E-state index contributed by atoms with van der Waals surface area (Å²) in [6, 6.07) is 14.0. The van der Waals surface area contributed by atoms with Crippen LogP contribution in [0.25, 0.3) is 0 Å². The molecule has 1 atom stereocenters. The van der Waals surface area contributed by atoms with Gasteiger partial charge < -0.3 is 5.32 Å². The highest BCUT2D eigenvalue weighted by molar-refractivity contribution is 7.89. The Morgan fingerprint density at radius 2 is 1.69 bits per heavy atom. The van der Waals surface area contributed by atoms with E-state index in [9.17, 15) is 13.2 Å². The largest absolute Gasteiger partial charge is 0.346 e. The minimum Gasteiger partial charge on any atom is -0.346 e. The van der Waals surface area contributed by atoms with Crippen molar-refractivity contribution in [1.82, 2.24) is 10.0 Å². The summed E-state index contributed by atoms with van der Waals surface area (Å²) >= 11 is 0. The van der Waals surface area contributed by atoms with Crippen molar-refractivity contribution in [2.24, 2.45) is 5.92 Å². The van der Waals surface area contributed by atoms with Crippen molar-refractivity contribution in [1.29, 1.82) is 0 Å². The van der Waals surface area contributed by atoms with Crippen LogP contribution in [0.3, 0.4) is 0 Å². The average Bonchev–Trinajstić information content (AvgIpc) is 2.61. The van der Waals surface area contributed by atoms with Gasteiger partial charge in [0.15, 0.2) is 0 Å². The maximum absolute atomic E-state index is 12.5. The van der Waals surface area contributed by atoms with Gasteiger partial charge >= 0.3 is 0 Å². The first-order chi connectivity index (χ1) is 12.2. The number of hydrogen-bond donors (Lipinski definition) is 2. The molecular weight excluding hydrogens is 348 g/mol. The number of nitrogens with one attached hydrogen (secondary N) is 2. The summed E-state index contributed by atoms with van der Waals surface area (Å²) in [5.41, 5.74) is 2.58. The van der Waals surface area contributed by atoms with Gasteiger partial charge in [-0.2, -0.15) is 0 Å². The quantitative estimate of drug-likeness (QED) is 0.781. The predicted octanol–water partition coefficient (Wildman–Crippen LogP) is 3.28. The van der Waals surface area contributed by atoms with Crippen molar-refractivity contribution in [2.75, 3.05) is 7.05 Å². The van der Waals surface area contributed by atoms with Gasteiger partial charge in [0.05, 0.1) is 10.9 Å². The maximum Gasteiger partial charge on any atom is 0.251 e. The molecule has 26 heavy (non-hydrogen) atoms. The number of rotatable bonds is 7. The minimum atomic E-state index is -3.58. The van der Waals surface area contributed by atoms with Crippen LogP contribution in [0, 0.1) is 5.92 Å². The molecule has 2 aromatic carbocycles. The molecule has 0 aliphatic carbocycles. The Bertz CT molecular complexity index is 859. The minimum absolute atomic E-state index is 0.0679. The number of carbonyl (C=O) groups excluding carboxylic acids is 1. The Kier molecular flexibility index (Phi) is 6.56. The van der Waals surface area contributed by atoms with Crippen molar-refractivity contribution >= 4 is 15.9 Å². The van der Waals surface area contributed by atoms with Gasteiger partial charge in [-0.1, -0.05) is 44.2 Å². The zero-order chi connectivity index (χ0) is 19.3. The fourth-order valence-electron chi connectivity index (χ4n) is 2.70. The molecule has 0 unspecified atom stereocenters. The Labute approximate surface area is 155 Å². The SMILES string of the molecule is CNS(=O)(=O)c1cccc(C(=O)N[C@@H](C)c2ccc(CC(C)C)cc2)c1. The van der Waals surface area contributed by atoms with E-state index in [4.69, 9.17) is 0 Å². The van der Waals surface area contributed by atoms with Gasteiger partial charge in [-0.25, -0.2) is 13.1 Å². The first-order valence-corrected chi connectivity index (χ1v) is 10.1. The van der Waals surface area contributed by atoms with E-state index in [-0.39, 0.29) is 16.8 Å². The highest BCUT2D eigenvalue weighted by Crippen LogP contribution is 2.17. The summed E-state index contributed by atoms with van der Waals surface area (Å²) < 4.78 is 26.0. The smallest absolute Gasteiger partial charge is 0.251 e. The second-order valence-corrected chi connectivity index (χ2v) is 8.66. The summed E-state index contributed by atoms with van der Waals surface area (Å²) in [4.78, 5) is 12.5. The lowest BCUT2D eigenvalue weighted by atomic mass is 10.00. The van der Waals surface area contributed by atoms with Crippen LogP contribution in [0.1, 0.15) is 48.3 Å². The van der Waals surface area contributed by atoms with Crippen LogP contribution >= 0.6 is 0 Å². The van der Waals surface area contributed by atoms with Gasteiger partial charge in [0.2, 0.25) is 10.0 Å². The van der Waals surface area contributed by atoms with Crippen molar-refractivity contribution < 1.29 is 13.2 Å². The first kappa shape index (κ1) is 20.1. The third-order valence-electron chi connectivity index (χ3n) is 4.15. The third kappa shape index (κ3) is 5.16. The molecule has 0 spiro atoms. The van der Waals surface area contributed by atoms with Crippen molar-refractivity contribution in [3.05, 3.63) is 65.2 Å². The molecule has 0 radical (unpaired) electrons. The molecule has 0 aromatic heterocycles. The normalized spacial score (nSPS) is 12.8. The Morgan fingerprint density at radius 1 is 1.04 bits per heavy atom. The molecule has 0 saturated carbocycles. The molecule has 0 saturated heterocycles. The fourth-order valence-corrected chi connectivity index (χ4v) is 3.47. The second kappa shape index (κ2) is 8.47. The summed E-state index contributed by atoms with van der Waals surface area (Å²) in [5, 5.41) is 2.92. The van der Waals surface area contributed by atoms with Crippen LogP contribution in [-0.2, 0) is 16.4 Å². The van der Waals surface area contributed by atoms with Crippen LogP contribution in [0.5, 0.6) is 0 Å². The molecule has 0 aliphatic rings. The van der Waals surface area contributed by atoms with E-state index in [1.165, 1.54) is 24.7 Å². The molecule has 5 nitrogen and oxygen atoms in total. The Hall–Kier alpha value is -2.18. The van der Waals surface area contributed by atoms with E-state index in [2.05, 4.69) is 36.0 Å². The van der Waals surface area contributed by atoms with Crippen molar-refractivity contribution in [3.8, 4) is 0 Å². The van der Waals surface area contributed by atoms with Gasteiger partial charge in [-0.05, 0) is 55.6 Å². The molecular formula is C20H26N2O3S. The fraction of sp³-hybridized carbons (Fsp3) is 0.350. The number of amides is 1.